The zero-order valence-electron chi connectivity index (χ0n) is 16.6. The zero-order chi connectivity index (χ0) is 24.1. The Labute approximate surface area is 207 Å². The second-order valence-corrected chi connectivity index (χ2v) is 10.4. The van der Waals surface area contributed by atoms with Crippen molar-refractivity contribution in [1.82, 2.24) is 5.32 Å². The second-order valence-electron chi connectivity index (χ2n) is 8.08. The van der Waals surface area contributed by atoms with Gasteiger partial charge in [0.25, 0.3) is 12.3 Å². The molecule has 2 amide bonds. The molecular weight excluding hydrogens is 518 g/mol. The highest BCUT2D eigenvalue weighted by Crippen LogP contribution is 2.65. The second kappa shape index (κ2) is 8.59. The first kappa shape index (κ1) is 24.0. The Morgan fingerprint density at radius 1 is 1.12 bits per heavy atom. The Morgan fingerprint density at radius 3 is 2.42 bits per heavy atom. The Kier molecular flexibility index (Phi) is 6.25. The van der Waals surface area contributed by atoms with Gasteiger partial charge in [0.1, 0.15) is 9.87 Å². The number of nitriles is 1. The SMILES string of the molecule is N#CC1(NC(=O)c2cc(NC(=O)[C@H]3[C@H](c4cc(Cl)cc(C(F)F)c4)C3(Cl)Cl)ccc2Cl)CC1. The number of hydrogen-bond acceptors (Lipinski definition) is 3. The van der Waals surface area contributed by atoms with Gasteiger partial charge in [-0.3, -0.25) is 9.59 Å². The predicted octanol–water partition coefficient (Wildman–Crippen LogP) is 6.24. The lowest BCUT2D eigenvalue weighted by atomic mass is 10.1. The van der Waals surface area contributed by atoms with Gasteiger partial charge in [-0.1, -0.05) is 23.2 Å². The largest absolute Gasteiger partial charge is 0.334 e. The van der Waals surface area contributed by atoms with Crippen molar-refractivity contribution < 1.29 is 18.4 Å². The molecule has 2 fully saturated rings. The number of halogens is 6. The molecule has 5 nitrogen and oxygen atoms in total. The molecule has 2 aliphatic carbocycles. The van der Waals surface area contributed by atoms with Crippen molar-refractivity contribution in [3.05, 3.63) is 63.1 Å². The maximum absolute atomic E-state index is 13.1. The van der Waals surface area contributed by atoms with Gasteiger partial charge in [0.15, 0.2) is 0 Å². The van der Waals surface area contributed by atoms with Gasteiger partial charge in [-0.25, -0.2) is 8.78 Å². The van der Waals surface area contributed by atoms with Crippen LogP contribution in [0.1, 0.15) is 46.7 Å². The van der Waals surface area contributed by atoms with Gasteiger partial charge in [-0.05, 0) is 54.8 Å². The van der Waals surface area contributed by atoms with Crippen LogP contribution in [-0.4, -0.2) is 21.7 Å². The summed E-state index contributed by atoms with van der Waals surface area (Å²) in [6.45, 7) is 0. The fourth-order valence-corrected chi connectivity index (χ4v) is 4.96. The van der Waals surface area contributed by atoms with E-state index in [0.717, 1.165) is 6.07 Å². The van der Waals surface area contributed by atoms with Gasteiger partial charge in [0.2, 0.25) is 5.91 Å². The van der Waals surface area contributed by atoms with Gasteiger partial charge in [0, 0.05) is 22.2 Å². The average molecular weight is 533 g/mol. The first-order valence-corrected chi connectivity index (χ1v) is 11.3. The molecule has 2 aromatic rings. The minimum atomic E-state index is -2.75. The van der Waals surface area contributed by atoms with E-state index in [4.69, 9.17) is 51.7 Å². The van der Waals surface area contributed by atoms with E-state index in [1.54, 1.807) is 0 Å². The summed E-state index contributed by atoms with van der Waals surface area (Å²) in [4.78, 5) is 25.4. The van der Waals surface area contributed by atoms with Crippen LogP contribution in [0, 0.1) is 17.2 Å². The fourth-order valence-electron chi connectivity index (χ4n) is 3.68. The standard InChI is InChI=1S/C22H15Cl4F2N3O2/c23-12-6-10(5-11(7-12)18(27)28)16-17(22(16,25)26)20(33)30-13-1-2-15(24)14(8-13)19(32)31-21(9-29)3-4-21/h1-2,5-8,16-18H,3-4H2,(H,30,33)(H,31,32)/t16-,17+/m0/s1. The van der Waals surface area contributed by atoms with Crippen LogP contribution in [0.5, 0.6) is 0 Å². The molecule has 0 radical (unpaired) electrons. The number of amides is 2. The third-order valence-electron chi connectivity index (χ3n) is 5.68. The lowest BCUT2D eigenvalue weighted by Crippen LogP contribution is -2.35. The molecule has 0 bridgehead atoms. The highest BCUT2D eigenvalue weighted by Gasteiger charge is 2.67. The number of nitrogens with zero attached hydrogens (tertiary/aromatic N) is 1. The number of anilines is 1. The summed E-state index contributed by atoms with van der Waals surface area (Å²) < 4.78 is 24.8. The molecule has 2 aliphatic rings. The summed E-state index contributed by atoms with van der Waals surface area (Å²) in [7, 11) is 0. The molecule has 0 saturated heterocycles. The Morgan fingerprint density at radius 2 is 1.82 bits per heavy atom. The molecule has 0 aromatic heterocycles. The molecule has 33 heavy (non-hydrogen) atoms. The first-order valence-electron chi connectivity index (χ1n) is 9.78. The quantitative estimate of drug-likeness (QED) is 0.432. The van der Waals surface area contributed by atoms with Gasteiger partial charge in [0.05, 0.1) is 22.6 Å². The van der Waals surface area contributed by atoms with Crippen LogP contribution in [0.15, 0.2) is 36.4 Å². The van der Waals surface area contributed by atoms with E-state index in [9.17, 15) is 18.4 Å². The van der Waals surface area contributed by atoms with E-state index in [2.05, 4.69) is 16.7 Å². The molecule has 11 heteroatoms. The molecule has 0 aliphatic heterocycles. The number of hydrogen-bond donors (Lipinski definition) is 2. The van der Waals surface area contributed by atoms with E-state index in [-0.39, 0.29) is 26.9 Å². The number of alkyl halides is 4. The number of rotatable bonds is 6. The van der Waals surface area contributed by atoms with Crippen LogP contribution in [0.4, 0.5) is 14.5 Å². The summed E-state index contributed by atoms with van der Waals surface area (Å²) >= 11 is 24.7. The van der Waals surface area contributed by atoms with Crippen molar-refractivity contribution in [3.63, 3.8) is 0 Å². The van der Waals surface area contributed by atoms with Crippen molar-refractivity contribution in [2.75, 3.05) is 5.32 Å². The van der Waals surface area contributed by atoms with Crippen LogP contribution in [0.2, 0.25) is 10.0 Å². The monoisotopic (exact) mass is 531 g/mol. The molecular formula is C22H15Cl4F2N3O2. The fraction of sp³-hybridized carbons (Fsp3) is 0.318. The van der Waals surface area contributed by atoms with Crippen molar-refractivity contribution in [1.29, 1.82) is 5.26 Å². The molecule has 172 valence electrons. The first-order chi connectivity index (χ1) is 15.5. The summed E-state index contributed by atoms with van der Waals surface area (Å²) in [6, 6.07) is 10.2. The topological polar surface area (TPSA) is 82.0 Å². The van der Waals surface area contributed by atoms with E-state index in [1.807, 2.05) is 0 Å². The molecule has 2 saturated carbocycles. The third-order valence-corrected chi connectivity index (χ3v) is 7.17. The zero-order valence-corrected chi connectivity index (χ0v) is 19.7. The molecule has 2 aromatic carbocycles. The molecule has 2 N–H and O–H groups in total. The maximum atomic E-state index is 13.1. The number of nitrogens with one attached hydrogen (secondary N) is 2. The molecule has 2 atom stereocenters. The lowest BCUT2D eigenvalue weighted by Gasteiger charge is -2.12. The van der Waals surface area contributed by atoms with Crippen molar-refractivity contribution in [3.8, 4) is 6.07 Å². The Balaban J connectivity index is 1.52. The number of carbonyl (C=O) groups excluding carboxylic acids is 2. The Bertz CT molecular complexity index is 1190. The third kappa shape index (κ3) is 4.76. The minimum absolute atomic E-state index is 0.0807. The summed E-state index contributed by atoms with van der Waals surface area (Å²) in [5, 5.41) is 14.7. The van der Waals surface area contributed by atoms with Gasteiger partial charge in [-0.2, -0.15) is 5.26 Å². The van der Waals surface area contributed by atoms with E-state index >= 15 is 0 Å². The lowest BCUT2D eigenvalue weighted by molar-refractivity contribution is -0.117. The van der Waals surface area contributed by atoms with E-state index in [1.165, 1.54) is 30.3 Å². The van der Waals surface area contributed by atoms with Crippen LogP contribution in [-0.2, 0) is 4.79 Å². The smallest absolute Gasteiger partial charge is 0.263 e. The van der Waals surface area contributed by atoms with Crippen LogP contribution < -0.4 is 10.6 Å². The minimum Gasteiger partial charge on any atom is -0.334 e. The summed E-state index contributed by atoms with van der Waals surface area (Å²) in [5.41, 5.74) is -0.517. The summed E-state index contributed by atoms with van der Waals surface area (Å²) in [5.74, 6) is -2.79. The normalized spacial score (nSPS) is 21.8. The predicted molar refractivity (Wildman–Crippen MR) is 122 cm³/mol. The highest BCUT2D eigenvalue weighted by atomic mass is 35.5. The van der Waals surface area contributed by atoms with E-state index < -0.39 is 39.9 Å². The summed E-state index contributed by atoms with van der Waals surface area (Å²) in [6.07, 6.45) is -1.64. The van der Waals surface area contributed by atoms with Gasteiger partial charge >= 0.3 is 0 Å². The number of carbonyl (C=O) groups is 2. The van der Waals surface area contributed by atoms with Crippen LogP contribution in [0.3, 0.4) is 0 Å². The molecule has 0 heterocycles. The van der Waals surface area contributed by atoms with Crippen molar-refractivity contribution in [2.24, 2.45) is 5.92 Å². The van der Waals surface area contributed by atoms with Crippen LogP contribution >= 0.6 is 46.4 Å². The Hall–Kier alpha value is -2.11. The average Bonchev–Trinajstić information content (AvgIpc) is 3.63. The number of benzene rings is 2. The van der Waals surface area contributed by atoms with E-state index in [0.29, 0.717) is 18.4 Å². The van der Waals surface area contributed by atoms with Crippen molar-refractivity contribution in [2.45, 2.75) is 35.1 Å². The molecule has 0 unspecified atom stereocenters. The van der Waals surface area contributed by atoms with Crippen molar-refractivity contribution >= 4 is 63.9 Å². The van der Waals surface area contributed by atoms with Gasteiger partial charge in [-0.15, -0.1) is 23.2 Å². The van der Waals surface area contributed by atoms with Gasteiger partial charge < -0.3 is 10.6 Å². The molecule has 0 spiro atoms. The van der Waals surface area contributed by atoms with Crippen LogP contribution in [0.25, 0.3) is 0 Å². The highest BCUT2D eigenvalue weighted by molar-refractivity contribution is 6.53. The molecule has 4 rings (SSSR count). The maximum Gasteiger partial charge on any atom is 0.263 e.